The average Bonchev–Trinajstić information content (AvgIpc) is 2.31. The van der Waals surface area contributed by atoms with Crippen molar-refractivity contribution in [2.45, 2.75) is 13.8 Å². The Bertz CT molecular complexity index is 327. The van der Waals surface area contributed by atoms with Gasteiger partial charge >= 0.3 is 11.9 Å². The SMILES string of the molecule is CC.COC(=O)c1ccc(C(=O)O)cc1. The summed E-state index contributed by atoms with van der Waals surface area (Å²) >= 11 is 0. The second-order valence-corrected chi connectivity index (χ2v) is 2.37. The number of benzene rings is 1. The molecule has 1 rings (SSSR count). The van der Waals surface area contributed by atoms with E-state index >= 15 is 0 Å². The molecule has 0 bridgehead atoms. The number of rotatable bonds is 2. The molecule has 0 aliphatic rings. The Morgan fingerprint density at radius 2 is 1.47 bits per heavy atom. The molecule has 4 heteroatoms. The van der Waals surface area contributed by atoms with E-state index in [9.17, 15) is 9.59 Å². The van der Waals surface area contributed by atoms with Gasteiger partial charge in [0.25, 0.3) is 0 Å². The predicted octanol–water partition coefficient (Wildman–Crippen LogP) is 2.20. The number of aromatic carboxylic acids is 1. The van der Waals surface area contributed by atoms with Gasteiger partial charge in [0.1, 0.15) is 0 Å². The molecule has 0 amide bonds. The van der Waals surface area contributed by atoms with Gasteiger partial charge in [0.2, 0.25) is 0 Å². The molecule has 0 saturated carbocycles. The molecule has 0 unspecified atom stereocenters. The molecule has 0 heterocycles. The van der Waals surface area contributed by atoms with E-state index in [4.69, 9.17) is 5.11 Å². The summed E-state index contributed by atoms with van der Waals surface area (Å²) < 4.78 is 4.45. The minimum absolute atomic E-state index is 0.146. The van der Waals surface area contributed by atoms with Gasteiger partial charge in [0.15, 0.2) is 0 Å². The molecule has 82 valence electrons. The van der Waals surface area contributed by atoms with E-state index in [-0.39, 0.29) is 5.56 Å². The van der Waals surface area contributed by atoms with E-state index in [1.54, 1.807) is 0 Å². The molecule has 0 radical (unpaired) electrons. The van der Waals surface area contributed by atoms with Crippen molar-refractivity contribution >= 4 is 11.9 Å². The zero-order valence-electron chi connectivity index (χ0n) is 8.98. The summed E-state index contributed by atoms with van der Waals surface area (Å²) in [6.45, 7) is 4.00. The Hall–Kier alpha value is -1.84. The number of hydrogen-bond acceptors (Lipinski definition) is 3. The van der Waals surface area contributed by atoms with Crippen LogP contribution in [0.2, 0.25) is 0 Å². The third-order valence-electron chi connectivity index (χ3n) is 1.55. The zero-order valence-corrected chi connectivity index (χ0v) is 8.98. The second-order valence-electron chi connectivity index (χ2n) is 2.37. The Labute approximate surface area is 88.5 Å². The fourth-order valence-corrected chi connectivity index (χ4v) is 0.867. The third kappa shape index (κ3) is 3.81. The van der Waals surface area contributed by atoms with Crippen LogP contribution in [0.3, 0.4) is 0 Å². The summed E-state index contributed by atoms with van der Waals surface area (Å²) in [7, 11) is 1.27. The maximum absolute atomic E-state index is 10.9. The monoisotopic (exact) mass is 210 g/mol. The van der Waals surface area contributed by atoms with Gasteiger partial charge in [0, 0.05) is 0 Å². The van der Waals surface area contributed by atoms with Crippen LogP contribution in [0.1, 0.15) is 34.6 Å². The summed E-state index contributed by atoms with van der Waals surface area (Å²) in [5.74, 6) is -1.49. The highest BCUT2D eigenvalue weighted by Crippen LogP contribution is 2.05. The molecule has 1 N–H and O–H groups in total. The minimum atomic E-state index is -1.02. The lowest BCUT2D eigenvalue weighted by molar-refractivity contribution is 0.0598. The Morgan fingerprint density at radius 3 is 1.80 bits per heavy atom. The van der Waals surface area contributed by atoms with Gasteiger partial charge < -0.3 is 9.84 Å². The smallest absolute Gasteiger partial charge is 0.337 e. The minimum Gasteiger partial charge on any atom is -0.478 e. The van der Waals surface area contributed by atoms with Crippen LogP contribution in [0.5, 0.6) is 0 Å². The molecule has 0 fully saturated rings. The molecule has 0 aliphatic carbocycles. The van der Waals surface area contributed by atoms with E-state index < -0.39 is 11.9 Å². The summed E-state index contributed by atoms with van der Waals surface area (Å²) in [6, 6.07) is 5.54. The van der Waals surface area contributed by atoms with Crippen molar-refractivity contribution in [3.8, 4) is 0 Å². The van der Waals surface area contributed by atoms with Crippen LogP contribution in [0.25, 0.3) is 0 Å². The largest absolute Gasteiger partial charge is 0.478 e. The first-order valence-corrected chi connectivity index (χ1v) is 4.57. The third-order valence-corrected chi connectivity index (χ3v) is 1.55. The molecule has 1 aromatic rings. The van der Waals surface area contributed by atoms with Crippen LogP contribution in [0.15, 0.2) is 24.3 Å². The number of carboxylic acid groups (broad SMARTS) is 1. The molecule has 0 aliphatic heterocycles. The van der Waals surface area contributed by atoms with Crippen LogP contribution in [0.4, 0.5) is 0 Å². The summed E-state index contributed by atoms with van der Waals surface area (Å²) in [6.07, 6.45) is 0. The lowest BCUT2D eigenvalue weighted by Gasteiger charge is -1.98. The highest BCUT2D eigenvalue weighted by atomic mass is 16.5. The van der Waals surface area contributed by atoms with Gasteiger partial charge in [-0.3, -0.25) is 0 Å². The van der Waals surface area contributed by atoms with Crippen LogP contribution in [-0.4, -0.2) is 24.2 Å². The van der Waals surface area contributed by atoms with Gasteiger partial charge in [-0.2, -0.15) is 0 Å². The molecule has 0 spiro atoms. The normalized spacial score (nSPS) is 8.47. The van der Waals surface area contributed by atoms with Crippen molar-refractivity contribution in [3.63, 3.8) is 0 Å². The standard InChI is InChI=1S/C9H8O4.C2H6/c1-13-9(12)7-4-2-6(3-5-7)8(10)11;1-2/h2-5H,1H3,(H,10,11);1-2H3. The number of hydrogen-bond donors (Lipinski definition) is 1. The highest BCUT2D eigenvalue weighted by molar-refractivity contribution is 5.92. The Balaban J connectivity index is 0.000000921. The number of carboxylic acids is 1. The summed E-state index contributed by atoms with van der Waals surface area (Å²) in [5.41, 5.74) is 0.486. The molecule has 15 heavy (non-hydrogen) atoms. The quantitative estimate of drug-likeness (QED) is 0.760. The number of carbonyl (C=O) groups excluding carboxylic acids is 1. The van der Waals surface area contributed by atoms with Crippen LogP contribution >= 0.6 is 0 Å². The van der Waals surface area contributed by atoms with E-state index in [1.165, 1.54) is 31.4 Å². The summed E-state index contributed by atoms with van der Waals surface area (Å²) in [5, 5.41) is 8.56. The van der Waals surface area contributed by atoms with Crippen LogP contribution in [-0.2, 0) is 4.74 Å². The number of carbonyl (C=O) groups is 2. The average molecular weight is 210 g/mol. The van der Waals surface area contributed by atoms with Gasteiger partial charge in [-0.15, -0.1) is 0 Å². The molecule has 4 nitrogen and oxygen atoms in total. The summed E-state index contributed by atoms with van der Waals surface area (Å²) in [4.78, 5) is 21.4. The van der Waals surface area contributed by atoms with Crippen molar-refractivity contribution < 1.29 is 19.4 Å². The number of ether oxygens (including phenoxy) is 1. The molecular formula is C11H14O4. The maximum atomic E-state index is 10.9. The lowest BCUT2D eigenvalue weighted by atomic mass is 10.1. The number of esters is 1. The molecule has 0 atom stereocenters. The Kier molecular flexibility index (Phi) is 5.78. The highest BCUT2D eigenvalue weighted by Gasteiger charge is 2.06. The van der Waals surface area contributed by atoms with E-state index in [0.717, 1.165) is 0 Å². The van der Waals surface area contributed by atoms with Crippen LogP contribution in [0, 0.1) is 0 Å². The number of methoxy groups -OCH3 is 1. The first-order chi connectivity index (χ1) is 7.15. The van der Waals surface area contributed by atoms with Crippen molar-refractivity contribution in [3.05, 3.63) is 35.4 Å². The second kappa shape index (κ2) is 6.59. The fraction of sp³-hybridized carbons (Fsp3) is 0.273. The lowest BCUT2D eigenvalue weighted by Crippen LogP contribution is -2.02. The molecular weight excluding hydrogens is 196 g/mol. The zero-order chi connectivity index (χ0) is 11.8. The van der Waals surface area contributed by atoms with E-state index in [0.29, 0.717) is 5.56 Å². The molecule has 0 saturated heterocycles. The topological polar surface area (TPSA) is 63.6 Å². The Morgan fingerprint density at radius 1 is 1.07 bits per heavy atom. The fourth-order valence-electron chi connectivity index (χ4n) is 0.867. The first kappa shape index (κ1) is 13.2. The predicted molar refractivity (Wildman–Crippen MR) is 56.1 cm³/mol. The van der Waals surface area contributed by atoms with Crippen molar-refractivity contribution in [2.24, 2.45) is 0 Å². The molecule has 0 aromatic heterocycles. The van der Waals surface area contributed by atoms with Gasteiger partial charge in [-0.1, -0.05) is 13.8 Å². The van der Waals surface area contributed by atoms with Crippen molar-refractivity contribution in [1.29, 1.82) is 0 Å². The first-order valence-electron chi connectivity index (χ1n) is 4.57. The van der Waals surface area contributed by atoms with Crippen LogP contribution < -0.4 is 0 Å². The van der Waals surface area contributed by atoms with Gasteiger partial charge in [0.05, 0.1) is 18.2 Å². The maximum Gasteiger partial charge on any atom is 0.337 e. The van der Waals surface area contributed by atoms with E-state index in [1.807, 2.05) is 13.8 Å². The van der Waals surface area contributed by atoms with Crippen molar-refractivity contribution in [2.75, 3.05) is 7.11 Å². The van der Waals surface area contributed by atoms with Gasteiger partial charge in [-0.05, 0) is 24.3 Å². The van der Waals surface area contributed by atoms with Crippen molar-refractivity contribution in [1.82, 2.24) is 0 Å². The molecule has 1 aromatic carbocycles. The van der Waals surface area contributed by atoms with Gasteiger partial charge in [-0.25, -0.2) is 9.59 Å². The van der Waals surface area contributed by atoms with E-state index in [2.05, 4.69) is 4.74 Å².